The third-order valence-electron chi connectivity index (χ3n) is 14.7. The largest absolute Gasteiger partial charge is 1.00 e. The minimum absolute atomic E-state index is 0. The topological polar surface area (TPSA) is 241 Å². The summed E-state index contributed by atoms with van der Waals surface area (Å²) in [5.41, 5.74) is 7.08. The van der Waals surface area contributed by atoms with Gasteiger partial charge >= 0.3 is 29.6 Å². The number of nitrogens with zero attached hydrogens (tertiary/aromatic N) is 9. The Labute approximate surface area is 492 Å². The van der Waals surface area contributed by atoms with Crippen molar-refractivity contribution in [2.45, 2.75) is 76.0 Å². The van der Waals surface area contributed by atoms with E-state index in [1.165, 1.54) is 19.9 Å². The summed E-state index contributed by atoms with van der Waals surface area (Å²) in [6.45, 7) is 4.63. The van der Waals surface area contributed by atoms with Crippen LogP contribution in [-0.2, 0) is 39.0 Å². The molecule has 6 heterocycles. The number of amides is 1. The number of carbonyl (C=O) groups excluding carboxylic acids is 3. The van der Waals surface area contributed by atoms with Crippen LogP contribution < -0.4 is 44.6 Å². The molecule has 416 valence electrons. The Kier molecular flexibility index (Phi) is 23.0. The van der Waals surface area contributed by atoms with Gasteiger partial charge in [0.05, 0.1) is 51.2 Å². The third kappa shape index (κ3) is 15.0. The van der Waals surface area contributed by atoms with Crippen LogP contribution in [0.25, 0.3) is 33.4 Å². The number of anilines is 2. The number of rotatable bonds is 16. The number of piperidine rings is 2. The number of alkyl halides is 1. The zero-order valence-corrected chi connectivity index (χ0v) is 51.3. The number of carbonyl (C=O) groups is 3. The minimum atomic E-state index is -3.73. The predicted molar refractivity (Wildman–Crippen MR) is 303 cm³/mol. The Morgan fingerprint density at radius 2 is 1.06 bits per heavy atom. The van der Waals surface area contributed by atoms with Crippen molar-refractivity contribution >= 4 is 94.1 Å². The van der Waals surface area contributed by atoms with Gasteiger partial charge in [0.15, 0.2) is 26.9 Å². The zero-order chi connectivity index (χ0) is 55.4. The number of Topliss-reactive ketones (excluding diaryl/α,β-unsaturated/α-hetero) is 1. The maximum atomic E-state index is 13.3. The Balaban J connectivity index is 0.000000227. The standard InChI is InChI=1S/C26H33N5O4S.C26H32N4O4S.CH3I.CH2O3.Na/c1-29(36(3,33)34)26(32)21-16-22(30-14-12-18(13-15-30)17-35-2)23-24(19-8-7-9-19)28-31(25(23)27-21)20-10-5-4-6-11-20;1-34-16-18-11-13-29(14-12-18)22-15-21(23(31)17-35(2,32)33)27-26-24(22)25(19-7-6-8-19)28-30(26)20-9-4-3-5-10-20;1-2;2-1-4-3;/h4-6,10-11,16,18-19H,7-9,12-15,17H2,1-3H3;3-5,9-10,15,18-19H,6-8,11-14,16-17H2,1-2H3;1H3;1,3H;/q;;;;+1/p-1. The van der Waals surface area contributed by atoms with Crippen LogP contribution in [0.15, 0.2) is 72.8 Å². The average Bonchev–Trinajstić information content (AvgIpc) is 3.98. The zero-order valence-electron chi connectivity index (χ0n) is 45.5. The molecule has 0 atom stereocenters. The second-order valence-corrected chi connectivity index (χ2v) is 24.1. The number of fused-ring (bicyclic) bond motifs is 2. The van der Waals surface area contributed by atoms with Crippen LogP contribution in [0.3, 0.4) is 0 Å². The molecule has 10 rings (SSSR count). The van der Waals surface area contributed by atoms with E-state index >= 15 is 0 Å². The first-order valence-corrected chi connectivity index (χ1v) is 31.8. The maximum Gasteiger partial charge on any atom is 1.00 e. The van der Waals surface area contributed by atoms with E-state index < -0.39 is 37.3 Å². The van der Waals surface area contributed by atoms with E-state index in [9.17, 15) is 26.4 Å². The fraction of sp³-hybridized carbons (Fsp3) is 0.500. The number of pyridine rings is 2. The number of sulfone groups is 1. The van der Waals surface area contributed by atoms with Gasteiger partial charge in [0.1, 0.15) is 17.1 Å². The van der Waals surface area contributed by atoms with Crippen LogP contribution in [-0.4, -0.2) is 153 Å². The number of sulfonamides is 1. The van der Waals surface area contributed by atoms with Gasteiger partial charge in [0.25, 0.3) is 12.4 Å². The van der Waals surface area contributed by atoms with Crippen LogP contribution in [0.2, 0.25) is 0 Å². The van der Waals surface area contributed by atoms with Gasteiger partial charge in [-0.1, -0.05) is 71.8 Å². The smallest absolute Gasteiger partial charge is 0.662 e. The minimum Gasteiger partial charge on any atom is -0.662 e. The van der Waals surface area contributed by atoms with Gasteiger partial charge in [-0.25, -0.2) is 40.5 Å². The predicted octanol–water partition coefficient (Wildman–Crippen LogP) is 3.85. The van der Waals surface area contributed by atoms with Crippen LogP contribution in [0.1, 0.15) is 108 Å². The summed E-state index contributed by atoms with van der Waals surface area (Å²) in [6.07, 6.45) is 12.7. The van der Waals surface area contributed by atoms with Gasteiger partial charge in [-0.3, -0.25) is 14.4 Å². The van der Waals surface area contributed by atoms with Gasteiger partial charge in [0.2, 0.25) is 10.0 Å². The van der Waals surface area contributed by atoms with Crippen molar-refractivity contribution < 1.29 is 80.4 Å². The van der Waals surface area contributed by atoms with E-state index in [0.717, 1.165) is 152 Å². The van der Waals surface area contributed by atoms with Crippen molar-refractivity contribution in [3.8, 4) is 11.4 Å². The molecule has 20 nitrogen and oxygen atoms in total. The van der Waals surface area contributed by atoms with Crippen molar-refractivity contribution in [2.75, 3.05) is 93.7 Å². The summed E-state index contributed by atoms with van der Waals surface area (Å²) >= 11 is 2.15. The average molecular weight is 1230 g/mol. The number of para-hydroxylation sites is 2. The molecular weight excluding hydrogens is 1160 g/mol. The molecule has 0 bridgehead atoms. The molecule has 0 radical (unpaired) electrons. The fourth-order valence-corrected chi connectivity index (χ4v) is 11.2. The molecule has 24 heteroatoms. The normalized spacial score (nSPS) is 16.3. The molecule has 1 amide bonds. The number of aromatic nitrogens is 6. The summed E-state index contributed by atoms with van der Waals surface area (Å²) in [5.74, 6) is 0.0283. The first kappa shape index (κ1) is 62.6. The van der Waals surface area contributed by atoms with Gasteiger partial charge in [0, 0.05) is 78.8 Å². The van der Waals surface area contributed by atoms with Crippen molar-refractivity contribution in [2.24, 2.45) is 11.8 Å². The SMILES string of the molecule is CI.COCC1CCN(c2cc(C(=O)CS(C)(=O)=O)nc3c2c(C2CCC2)nn3-c2ccccc2)CC1.COCC1CCN(c2cc(C(=O)N(C)S(C)(=O)=O)nc3c2c(C2CCC2)nn3-c2ccccc2)CC1.O=CO[O-].[Na+]. The van der Waals surface area contributed by atoms with Crippen LogP contribution >= 0.6 is 22.6 Å². The quantitative estimate of drug-likeness (QED) is 0.0254. The maximum absolute atomic E-state index is 13.3. The summed E-state index contributed by atoms with van der Waals surface area (Å²) in [5, 5.41) is 20.5. The molecule has 0 unspecified atom stereocenters. The van der Waals surface area contributed by atoms with Gasteiger partial charge in [-0.05, 0) is 105 Å². The molecule has 4 aliphatic rings. The number of halogens is 1. The number of hydrogen-bond donors (Lipinski definition) is 0. The molecule has 0 N–H and O–H groups in total. The molecule has 2 aliphatic heterocycles. The van der Waals surface area contributed by atoms with Crippen LogP contribution in [0.5, 0.6) is 0 Å². The van der Waals surface area contributed by atoms with Gasteiger partial charge in [-0.2, -0.15) is 10.2 Å². The Bertz CT molecular complexity index is 3200. The van der Waals surface area contributed by atoms with Crippen molar-refractivity contribution in [3.63, 3.8) is 0 Å². The first-order valence-electron chi connectivity index (χ1n) is 25.8. The molecule has 4 aromatic heterocycles. The second kappa shape index (κ2) is 28.7. The number of benzene rings is 2. The van der Waals surface area contributed by atoms with Crippen molar-refractivity contribution in [1.82, 2.24) is 33.8 Å². The molecule has 2 aromatic carbocycles. The van der Waals surface area contributed by atoms with Gasteiger partial charge in [-0.15, -0.1) is 0 Å². The summed E-state index contributed by atoms with van der Waals surface area (Å²) in [4.78, 5) is 53.6. The number of hydrogen-bond acceptors (Lipinski definition) is 17. The Morgan fingerprint density at radius 1 is 0.679 bits per heavy atom. The van der Waals surface area contributed by atoms with E-state index in [-0.39, 0.29) is 47.4 Å². The monoisotopic (exact) mass is 1230 g/mol. The van der Waals surface area contributed by atoms with Crippen molar-refractivity contribution in [3.05, 3.63) is 95.6 Å². The second-order valence-electron chi connectivity index (χ2n) is 20.0. The van der Waals surface area contributed by atoms with Gasteiger partial charge < -0.3 is 29.4 Å². The molecule has 78 heavy (non-hydrogen) atoms. The third-order valence-corrected chi connectivity index (χ3v) is 16.7. The summed E-state index contributed by atoms with van der Waals surface area (Å²) in [6, 6.07) is 23.1. The van der Waals surface area contributed by atoms with Crippen LogP contribution in [0.4, 0.5) is 11.4 Å². The molecule has 2 saturated carbocycles. The summed E-state index contributed by atoms with van der Waals surface area (Å²) in [7, 11) is -2.46. The number of ketones is 1. The molecule has 2 saturated heterocycles. The number of ether oxygens (including phenoxy) is 2. The fourth-order valence-electron chi connectivity index (χ4n) is 10.2. The van der Waals surface area contributed by atoms with E-state index in [2.05, 4.69) is 37.3 Å². The van der Waals surface area contributed by atoms with E-state index in [1.54, 1.807) is 31.0 Å². The summed E-state index contributed by atoms with van der Waals surface area (Å²) < 4.78 is 63.3. The number of methoxy groups -OCH3 is 2. The van der Waals surface area contributed by atoms with Crippen molar-refractivity contribution in [1.29, 1.82) is 0 Å². The molecule has 0 spiro atoms. The Hall–Kier alpha value is -4.60. The van der Waals surface area contributed by atoms with E-state index in [4.69, 9.17) is 39.7 Å². The Morgan fingerprint density at radius 3 is 1.40 bits per heavy atom. The van der Waals surface area contributed by atoms with E-state index in [0.29, 0.717) is 35.0 Å². The van der Waals surface area contributed by atoms with E-state index in [1.807, 2.05) is 70.3 Å². The van der Waals surface area contributed by atoms with Crippen LogP contribution in [0, 0.1) is 11.8 Å². The first-order chi connectivity index (χ1) is 37.0. The molecule has 2 aliphatic carbocycles. The molecule has 6 aromatic rings. The molecule has 4 fully saturated rings. The molecular formula is C54H69IN9NaO11S2.